The van der Waals surface area contributed by atoms with E-state index in [1.807, 2.05) is 0 Å². The molecule has 5 N–H and O–H groups in total. The van der Waals surface area contributed by atoms with Crippen LogP contribution >= 0.6 is 12.6 Å². The Bertz CT molecular complexity index is 378. The molecule has 0 bridgehead atoms. The van der Waals surface area contributed by atoms with Gasteiger partial charge < -0.3 is 15.3 Å². The Hall–Kier alpha value is -1.08. The number of carbonyl (C=O) groups is 1. The zero-order valence-electron chi connectivity index (χ0n) is 8.37. The molecule has 16 heavy (non-hydrogen) atoms. The summed E-state index contributed by atoms with van der Waals surface area (Å²) in [7, 11) is 0. The monoisotopic (exact) mass is 243 g/mol. The second-order valence-corrected chi connectivity index (χ2v) is 4.29. The van der Waals surface area contributed by atoms with Gasteiger partial charge in [0.15, 0.2) is 4.93 Å². The number of hydrogen-bond donors (Lipinski definition) is 5. The van der Waals surface area contributed by atoms with Gasteiger partial charge >= 0.3 is 5.97 Å². The number of aliphatic carboxylic acids is 1. The van der Waals surface area contributed by atoms with Crippen molar-refractivity contribution in [2.75, 3.05) is 0 Å². The Morgan fingerprint density at radius 3 is 2.25 bits per heavy atom. The lowest BCUT2D eigenvalue weighted by Crippen LogP contribution is -2.64. The number of thiol groups is 1. The largest absolute Gasteiger partial charge is 0.478 e. The molecule has 0 heterocycles. The Morgan fingerprint density at radius 1 is 1.31 bits per heavy atom. The maximum absolute atomic E-state index is 10.7. The van der Waals surface area contributed by atoms with Crippen molar-refractivity contribution < 1.29 is 20.1 Å². The molecule has 1 rings (SSSR count). The van der Waals surface area contributed by atoms with E-state index >= 15 is 0 Å². The number of rotatable bonds is 4. The lowest BCUT2D eigenvalue weighted by Gasteiger charge is -2.33. The number of carboxylic acids is 1. The zero-order chi connectivity index (χ0) is 12.4. The highest BCUT2D eigenvalue weighted by Crippen LogP contribution is 2.26. The molecule has 0 fully saturated rings. The van der Waals surface area contributed by atoms with E-state index in [4.69, 9.17) is 10.8 Å². The van der Waals surface area contributed by atoms with Crippen LogP contribution in [0.25, 0.3) is 0 Å². The maximum Gasteiger partial charge on any atom is 0.355 e. The molecule has 1 aromatic rings. The molecule has 0 spiro atoms. The molecule has 2 atom stereocenters. The van der Waals surface area contributed by atoms with Crippen LogP contribution in [0.2, 0.25) is 0 Å². The van der Waals surface area contributed by atoms with E-state index < -0.39 is 16.6 Å². The third-order valence-corrected chi connectivity index (χ3v) is 2.73. The van der Waals surface area contributed by atoms with E-state index in [1.165, 1.54) is 0 Å². The fourth-order valence-electron chi connectivity index (χ4n) is 1.19. The van der Waals surface area contributed by atoms with Crippen LogP contribution in [0.4, 0.5) is 0 Å². The molecule has 0 aliphatic rings. The van der Waals surface area contributed by atoms with Crippen LogP contribution in [0.15, 0.2) is 30.3 Å². The van der Waals surface area contributed by atoms with Crippen LogP contribution in [0, 0.1) is 0 Å². The minimum Gasteiger partial charge on any atom is -0.478 e. The first-order valence-corrected chi connectivity index (χ1v) is 4.95. The zero-order valence-corrected chi connectivity index (χ0v) is 9.26. The number of benzene rings is 1. The van der Waals surface area contributed by atoms with Gasteiger partial charge in [0.2, 0.25) is 0 Å². The highest BCUT2D eigenvalue weighted by Gasteiger charge is 2.50. The Kier molecular flexibility index (Phi) is 3.59. The van der Waals surface area contributed by atoms with E-state index in [0.29, 0.717) is 5.56 Å². The van der Waals surface area contributed by atoms with Crippen molar-refractivity contribution in [3.05, 3.63) is 35.9 Å². The lowest BCUT2D eigenvalue weighted by molar-refractivity contribution is -0.174. The van der Waals surface area contributed by atoms with Crippen molar-refractivity contribution in [3.63, 3.8) is 0 Å². The van der Waals surface area contributed by atoms with Gasteiger partial charge in [0.05, 0.1) is 0 Å². The highest BCUT2D eigenvalue weighted by molar-refractivity contribution is 7.81. The summed E-state index contributed by atoms with van der Waals surface area (Å²) in [5, 5.41) is 27.9. The molecule has 0 saturated heterocycles. The normalized spacial score (nSPS) is 18.5. The highest BCUT2D eigenvalue weighted by atomic mass is 32.1. The maximum atomic E-state index is 10.7. The van der Waals surface area contributed by atoms with Crippen LogP contribution in [-0.2, 0) is 11.2 Å². The van der Waals surface area contributed by atoms with Crippen molar-refractivity contribution in [3.8, 4) is 0 Å². The van der Waals surface area contributed by atoms with Crippen molar-refractivity contribution in [2.45, 2.75) is 17.1 Å². The first-order chi connectivity index (χ1) is 7.27. The first-order valence-electron chi connectivity index (χ1n) is 4.51. The molecule has 0 aromatic heterocycles. The third kappa shape index (κ3) is 2.53. The molecule has 0 aliphatic carbocycles. The van der Waals surface area contributed by atoms with Crippen molar-refractivity contribution in [1.82, 2.24) is 0 Å². The average molecular weight is 243 g/mol. The number of aliphatic hydroxyl groups is 2. The van der Waals surface area contributed by atoms with Gasteiger partial charge in [-0.25, -0.2) is 4.79 Å². The van der Waals surface area contributed by atoms with Crippen LogP contribution in [0.3, 0.4) is 0 Å². The first kappa shape index (κ1) is 13.0. The summed E-state index contributed by atoms with van der Waals surface area (Å²) < 4.78 is 0. The molecular weight excluding hydrogens is 230 g/mol. The molecule has 0 unspecified atom stereocenters. The topological polar surface area (TPSA) is 104 Å². The van der Waals surface area contributed by atoms with E-state index in [9.17, 15) is 15.0 Å². The number of carboxylic acid groups (broad SMARTS) is 1. The van der Waals surface area contributed by atoms with E-state index in [-0.39, 0.29) is 6.42 Å². The summed E-state index contributed by atoms with van der Waals surface area (Å²) in [6.45, 7) is 0. The van der Waals surface area contributed by atoms with Gasteiger partial charge in [0, 0.05) is 6.42 Å². The summed E-state index contributed by atoms with van der Waals surface area (Å²) in [5.74, 6) is -1.74. The van der Waals surface area contributed by atoms with Gasteiger partial charge in [-0.15, -0.1) is 12.6 Å². The summed E-state index contributed by atoms with van der Waals surface area (Å²) in [4.78, 5) is 8.42. The predicted octanol–water partition coefficient (Wildman–Crippen LogP) is -0.421. The number of hydrogen-bond acceptors (Lipinski definition) is 5. The van der Waals surface area contributed by atoms with Gasteiger partial charge in [-0.05, 0) is 5.56 Å². The molecule has 6 heteroatoms. The van der Waals surface area contributed by atoms with Gasteiger partial charge in [-0.2, -0.15) is 0 Å². The van der Waals surface area contributed by atoms with Crippen LogP contribution in [-0.4, -0.2) is 31.9 Å². The summed E-state index contributed by atoms with van der Waals surface area (Å²) in [6, 6.07) is 8.54. The molecule has 0 aliphatic heterocycles. The Balaban J connectivity index is 2.92. The van der Waals surface area contributed by atoms with Gasteiger partial charge in [-0.1, -0.05) is 30.3 Å². The summed E-state index contributed by atoms with van der Waals surface area (Å²) >= 11 is 3.72. The van der Waals surface area contributed by atoms with Gasteiger partial charge in [-0.3, -0.25) is 5.73 Å². The minimum atomic E-state index is -2.81. The molecule has 0 radical (unpaired) electrons. The molecule has 88 valence electrons. The molecule has 1 aromatic carbocycles. The fraction of sp³-hybridized carbons (Fsp3) is 0.300. The van der Waals surface area contributed by atoms with E-state index in [1.54, 1.807) is 30.3 Å². The lowest BCUT2D eigenvalue weighted by atomic mass is 9.99. The second-order valence-electron chi connectivity index (χ2n) is 3.55. The average Bonchev–Trinajstić information content (AvgIpc) is 2.18. The molecule has 0 saturated carbocycles. The summed E-state index contributed by atoms with van der Waals surface area (Å²) in [6.07, 6.45) is -0.184. The van der Waals surface area contributed by atoms with Crippen LogP contribution < -0.4 is 5.73 Å². The van der Waals surface area contributed by atoms with Gasteiger partial charge in [0.1, 0.15) is 0 Å². The molecule has 0 amide bonds. The van der Waals surface area contributed by atoms with Crippen molar-refractivity contribution in [1.29, 1.82) is 0 Å². The second kappa shape index (κ2) is 4.42. The molecular formula is C10H13NO4S. The number of nitrogens with two attached hydrogens (primary N) is 1. The SMILES string of the molecule is N[C@](O)(C(=O)O)[C@@](O)(S)Cc1ccccc1. The smallest absolute Gasteiger partial charge is 0.355 e. The minimum absolute atomic E-state index is 0.184. The predicted molar refractivity (Wildman–Crippen MR) is 60.9 cm³/mol. The van der Waals surface area contributed by atoms with Crippen LogP contribution in [0.1, 0.15) is 5.56 Å². The van der Waals surface area contributed by atoms with Crippen molar-refractivity contribution in [2.24, 2.45) is 5.73 Å². The summed E-state index contributed by atoms with van der Waals surface area (Å²) in [5.41, 5.74) is 2.92. The van der Waals surface area contributed by atoms with Gasteiger partial charge in [0.25, 0.3) is 5.72 Å². The Labute approximate surface area is 97.9 Å². The fourth-order valence-corrected chi connectivity index (χ4v) is 1.46. The van der Waals surface area contributed by atoms with E-state index in [0.717, 1.165) is 0 Å². The Morgan fingerprint density at radius 2 is 1.81 bits per heavy atom. The standard InChI is InChI=1S/C10H13NO4S/c11-10(15,8(12)13)9(14,16)6-7-4-2-1-3-5-7/h1-5,14-16H,6,11H2,(H,12,13)/t9-,10-/m0/s1. The van der Waals surface area contributed by atoms with Crippen molar-refractivity contribution >= 4 is 18.6 Å². The van der Waals surface area contributed by atoms with E-state index in [2.05, 4.69) is 12.6 Å². The molecule has 5 nitrogen and oxygen atoms in total. The third-order valence-electron chi connectivity index (χ3n) is 2.23. The quantitative estimate of drug-likeness (QED) is 0.365. The van der Waals surface area contributed by atoms with Crippen LogP contribution in [0.5, 0.6) is 0 Å².